The van der Waals surface area contributed by atoms with E-state index in [0.29, 0.717) is 6.73 Å². The third-order valence-electron chi connectivity index (χ3n) is 2.35. The predicted molar refractivity (Wildman–Crippen MR) is 87.5 cm³/mol. The van der Waals surface area contributed by atoms with Crippen LogP contribution in [0.3, 0.4) is 0 Å². The van der Waals surface area contributed by atoms with E-state index in [-0.39, 0.29) is 0 Å². The van der Waals surface area contributed by atoms with Gasteiger partial charge in [-0.25, -0.2) is 10.0 Å². The lowest BCUT2D eigenvalue weighted by Gasteiger charge is -2.24. The quantitative estimate of drug-likeness (QED) is 0.373. The second-order valence-corrected chi connectivity index (χ2v) is 10.5. The highest BCUT2D eigenvalue weighted by Crippen LogP contribution is 2.33. The first-order chi connectivity index (χ1) is 7.31. The Labute approximate surface area is 115 Å². The molecule has 3 nitrogen and oxygen atoms in total. The van der Waals surface area contributed by atoms with Gasteiger partial charge >= 0.3 is 0 Å². The standard InChI is InChI=1S/C9H19B2IN2OS/c1-16(2,3)5-4-15-6-14-9(11)7(12)8(10)13-14/h4-6,10-11H2,1-3H3. The average Bonchev–Trinajstić information content (AvgIpc) is 2.40. The van der Waals surface area contributed by atoms with Gasteiger partial charge in [0.15, 0.2) is 15.7 Å². The summed E-state index contributed by atoms with van der Waals surface area (Å²) in [4.78, 5) is 0. The fraction of sp³-hybridized carbons (Fsp3) is 0.667. The van der Waals surface area contributed by atoms with Gasteiger partial charge in [-0.05, 0) is 41.4 Å². The molecule has 0 unspecified atom stereocenters. The molecule has 1 aromatic heterocycles. The topological polar surface area (TPSA) is 27.1 Å². The molecule has 0 spiro atoms. The van der Waals surface area contributed by atoms with E-state index >= 15 is 0 Å². The molecule has 90 valence electrons. The second kappa shape index (κ2) is 5.82. The molecule has 0 aliphatic rings. The van der Waals surface area contributed by atoms with Crippen LogP contribution in [0.5, 0.6) is 0 Å². The number of rotatable bonds is 5. The molecule has 7 heteroatoms. The summed E-state index contributed by atoms with van der Waals surface area (Å²) in [5, 5.41) is 4.43. The summed E-state index contributed by atoms with van der Waals surface area (Å²) in [5.74, 6) is 1.16. The number of aromatic nitrogens is 2. The van der Waals surface area contributed by atoms with Crippen molar-refractivity contribution in [2.75, 3.05) is 31.1 Å². The van der Waals surface area contributed by atoms with Crippen LogP contribution in [-0.4, -0.2) is 56.6 Å². The Balaban J connectivity index is 2.41. The molecule has 1 aromatic rings. The number of hydrogen-bond acceptors (Lipinski definition) is 2. The highest BCUT2D eigenvalue weighted by Gasteiger charge is 2.08. The Morgan fingerprint density at radius 1 is 1.38 bits per heavy atom. The Kier molecular flexibility index (Phi) is 5.25. The number of nitrogens with zero attached hydrogens (tertiary/aromatic N) is 2. The zero-order chi connectivity index (χ0) is 12.3. The molecule has 0 saturated heterocycles. The SMILES string of the molecule is Bc1nn(COCCS(C)(C)C)c(B)c1I. The Hall–Kier alpha value is 0.380. The molecule has 16 heavy (non-hydrogen) atoms. The van der Waals surface area contributed by atoms with Gasteiger partial charge in [0.1, 0.15) is 6.73 Å². The van der Waals surface area contributed by atoms with Crippen LogP contribution in [-0.2, 0) is 11.5 Å². The third kappa shape index (κ3) is 4.33. The van der Waals surface area contributed by atoms with Crippen molar-refractivity contribution in [1.82, 2.24) is 9.78 Å². The number of ether oxygens (including phenoxy) is 1. The van der Waals surface area contributed by atoms with Crippen molar-refractivity contribution in [1.29, 1.82) is 0 Å². The fourth-order valence-electron chi connectivity index (χ4n) is 1.26. The van der Waals surface area contributed by atoms with Crippen molar-refractivity contribution in [2.24, 2.45) is 0 Å². The Morgan fingerprint density at radius 3 is 2.44 bits per heavy atom. The first-order valence-corrected chi connectivity index (χ1v) is 9.35. The average molecular weight is 352 g/mol. The largest absolute Gasteiger partial charge is 0.358 e. The summed E-state index contributed by atoms with van der Waals surface area (Å²) in [6, 6.07) is 0. The Morgan fingerprint density at radius 2 is 2.00 bits per heavy atom. The first kappa shape index (κ1) is 14.4. The molecule has 0 bridgehead atoms. The van der Waals surface area contributed by atoms with E-state index in [4.69, 9.17) is 4.74 Å². The zero-order valence-corrected chi connectivity index (χ0v) is 13.7. The summed E-state index contributed by atoms with van der Waals surface area (Å²) in [7, 11) is 3.67. The van der Waals surface area contributed by atoms with Crippen molar-refractivity contribution in [3.05, 3.63) is 3.57 Å². The maximum atomic E-state index is 5.66. The summed E-state index contributed by atoms with van der Waals surface area (Å²) in [6.07, 6.45) is 6.92. The molecule has 0 radical (unpaired) electrons. The summed E-state index contributed by atoms with van der Waals surface area (Å²) in [5.41, 5.74) is 2.28. The molecular weight excluding hydrogens is 333 g/mol. The zero-order valence-electron chi connectivity index (χ0n) is 10.7. The summed E-state index contributed by atoms with van der Waals surface area (Å²) >= 11 is 2.33. The highest BCUT2D eigenvalue weighted by molar-refractivity contribution is 14.1. The van der Waals surface area contributed by atoms with Gasteiger partial charge in [-0.1, -0.05) is 0 Å². The van der Waals surface area contributed by atoms with E-state index in [1.54, 1.807) is 0 Å². The lowest BCUT2D eigenvalue weighted by molar-refractivity contribution is 0.0834. The molecule has 0 fully saturated rings. The minimum Gasteiger partial charge on any atom is -0.358 e. The van der Waals surface area contributed by atoms with Gasteiger partial charge in [0.2, 0.25) is 0 Å². The molecule has 0 amide bonds. The molecule has 0 saturated carbocycles. The van der Waals surface area contributed by atoms with Gasteiger partial charge in [0.25, 0.3) is 0 Å². The Bertz CT molecular complexity index is 365. The van der Waals surface area contributed by atoms with Crippen LogP contribution in [0.15, 0.2) is 0 Å². The minimum atomic E-state index is -0.448. The second-order valence-electron chi connectivity index (χ2n) is 4.82. The monoisotopic (exact) mass is 352 g/mol. The van der Waals surface area contributed by atoms with Gasteiger partial charge in [0, 0.05) is 20.5 Å². The van der Waals surface area contributed by atoms with Crippen molar-refractivity contribution < 1.29 is 4.74 Å². The molecule has 1 heterocycles. The predicted octanol–water partition coefficient (Wildman–Crippen LogP) is -1.33. The van der Waals surface area contributed by atoms with Gasteiger partial charge in [-0.2, -0.15) is 5.10 Å². The molecule has 0 N–H and O–H groups in total. The molecular formula is C9H19B2IN2OS. The van der Waals surface area contributed by atoms with Crippen molar-refractivity contribution >= 4 is 59.5 Å². The third-order valence-corrected chi connectivity index (χ3v) is 5.30. The normalized spacial score (nSPS) is 13.0. The first-order valence-electron chi connectivity index (χ1n) is 5.24. The van der Waals surface area contributed by atoms with E-state index in [9.17, 15) is 0 Å². The highest BCUT2D eigenvalue weighted by atomic mass is 127. The van der Waals surface area contributed by atoms with Crippen LogP contribution >= 0.6 is 32.6 Å². The van der Waals surface area contributed by atoms with Crippen LogP contribution in [0.1, 0.15) is 0 Å². The molecule has 1 rings (SSSR count). The van der Waals surface area contributed by atoms with E-state index in [1.165, 1.54) is 9.16 Å². The van der Waals surface area contributed by atoms with E-state index < -0.39 is 10.0 Å². The van der Waals surface area contributed by atoms with Gasteiger partial charge in [-0.15, -0.1) is 0 Å². The summed E-state index contributed by atoms with van der Waals surface area (Å²) < 4.78 is 8.84. The minimum absolute atomic E-state index is 0.448. The lowest BCUT2D eigenvalue weighted by Crippen LogP contribution is -2.22. The maximum absolute atomic E-state index is 5.66. The number of halogens is 1. The van der Waals surface area contributed by atoms with Crippen LogP contribution in [0.25, 0.3) is 0 Å². The van der Waals surface area contributed by atoms with Crippen LogP contribution in [0, 0.1) is 3.57 Å². The van der Waals surface area contributed by atoms with Crippen LogP contribution < -0.4 is 11.2 Å². The molecule has 0 aliphatic carbocycles. The van der Waals surface area contributed by atoms with E-state index in [2.05, 4.69) is 54.3 Å². The smallest absolute Gasteiger partial charge is 0.167 e. The van der Waals surface area contributed by atoms with E-state index in [0.717, 1.165) is 18.0 Å². The number of hydrogen-bond donors (Lipinski definition) is 0. The molecule has 0 atom stereocenters. The van der Waals surface area contributed by atoms with Gasteiger partial charge in [-0.3, -0.25) is 4.68 Å². The van der Waals surface area contributed by atoms with Crippen molar-refractivity contribution in [3.63, 3.8) is 0 Å². The maximum Gasteiger partial charge on any atom is 0.167 e. The molecule has 0 aliphatic heterocycles. The summed E-state index contributed by atoms with van der Waals surface area (Å²) in [6.45, 7) is 1.40. The molecule has 0 aromatic carbocycles. The van der Waals surface area contributed by atoms with E-state index in [1.807, 2.05) is 12.5 Å². The van der Waals surface area contributed by atoms with Crippen molar-refractivity contribution in [3.8, 4) is 0 Å². The van der Waals surface area contributed by atoms with Crippen molar-refractivity contribution in [2.45, 2.75) is 6.73 Å². The fourth-order valence-corrected chi connectivity index (χ4v) is 2.26. The van der Waals surface area contributed by atoms with Gasteiger partial charge < -0.3 is 4.74 Å². The van der Waals surface area contributed by atoms with Gasteiger partial charge in [0.05, 0.1) is 6.61 Å². The van der Waals surface area contributed by atoms with Crippen LogP contribution in [0.2, 0.25) is 0 Å². The van der Waals surface area contributed by atoms with Crippen LogP contribution in [0.4, 0.5) is 0 Å². The lowest BCUT2D eigenvalue weighted by atomic mass is 9.99.